The molecule has 0 aromatic heterocycles. The fraction of sp³-hybridized carbons (Fsp3) is 0.321. The zero-order chi connectivity index (χ0) is 28.8. The summed E-state index contributed by atoms with van der Waals surface area (Å²) in [5.74, 6) is 0.0794. The molecule has 6 nitrogen and oxygen atoms in total. The molecular weight excluding hydrogens is 553 g/mol. The summed E-state index contributed by atoms with van der Waals surface area (Å²) >= 11 is 5.73. The SMILES string of the molecule is Cc1ccc(S(=O)(=O)N(CC(=O)NCCCc2cccc(OC(C)C)c2)c2ccc(Cl)c(C(F)(F)F)c2)cc1. The van der Waals surface area contributed by atoms with Crippen LogP contribution in [0.15, 0.2) is 71.6 Å². The third kappa shape index (κ3) is 8.37. The van der Waals surface area contributed by atoms with Gasteiger partial charge in [0.1, 0.15) is 12.3 Å². The number of aryl methyl sites for hydroxylation is 2. The van der Waals surface area contributed by atoms with Crippen molar-refractivity contribution in [2.24, 2.45) is 0 Å². The molecule has 0 fully saturated rings. The Morgan fingerprint density at radius 2 is 1.74 bits per heavy atom. The molecule has 11 heteroatoms. The van der Waals surface area contributed by atoms with E-state index in [9.17, 15) is 26.4 Å². The lowest BCUT2D eigenvalue weighted by atomic mass is 10.1. The van der Waals surface area contributed by atoms with Crippen molar-refractivity contribution < 1.29 is 31.1 Å². The van der Waals surface area contributed by atoms with E-state index < -0.39 is 39.2 Å². The largest absolute Gasteiger partial charge is 0.491 e. The van der Waals surface area contributed by atoms with Gasteiger partial charge < -0.3 is 10.1 Å². The third-order valence-corrected chi connectivity index (χ3v) is 7.79. The van der Waals surface area contributed by atoms with Gasteiger partial charge in [-0.05, 0) is 81.6 Å². The maximum Gasteiger partial charge on any atom is 0.417 e. The number of alkyl halides is 3. The number of carbonyl (C=O) groups is 1. The molecule has 0 bridgehead atoms. The van der Waals surface area contributed by atoms with Crippen LogP contribution in [0.4, 0.5) is 18.9 Å². The molecule has 0 aliphatic heterocycles. The van der Waals surface area contributed by atoms with Crippen molar-refractivity contribution in [3.63, 3.8) is 0 Å². The molecule has 0 saturated carbocycles. The zero-order valence-corrected chi connectivity index (χ0v) is 23.3. The van der Waals surface area contributed by atoms with Gasteiger partial charge in [-0.25, -0.2) is 8.42 Å². The summed E-state index contributed by atoms with van der Waals surface area (Å²) < 4.78 is 73.8. The number of nitrogens with zero attached hydrogens (tertiary/aromatic N) is 1. The highest BCUT2D eigenvalue weighted by molar-refractivity contribution is 7.92. The van der Waals surface area contributed by atoms with Gasteiger partial charge in [-0.2, -0.15) is 13.2 Å². The van der Waals surface area contributed by atoms with E-state index in [0.29, 0.717) is 23.2 Å². The van der Waals surface area contributed by atoms with Gasteiger partial charge >= 0.3 is 6.18 Å². The molecular formula is C28H30ClF3N2O4S. The minimum atomic E-state index is -4.81. The van der Waals surface area contributed by atoms with E-state index >= 15 is 0 Å². The van der Waals surface area contributed by atoms with Crippen LogP contribution in [0.2, 0.25) is 5.02 Å². The number of sulfonamides is 1. The smallest absolute Gasteiger partial charge is 0.417 e. The topological polar surface area (TPSA) is 75.7 Å². The predicted octanol–water partition coefficient (Wildman–Crippen LogP) is 6.40. The highest BCUT2D eigenvalue weighted by atomic mass is 35.5. The van der Waals surface area contributed by atoms with Crippen LogP contribution in [0.5, 0.6) is 5.75 Å². The molecule has 210 valence electrons. The normalized spacial score (nSPS) is 11.9. The van der Waals surface area contributed by atoms with Gasteiger partial charge in [0.25, 0.3) is 10.0 Å². The summed E-state index contributed by atoms with van der Waals surface area (Å²) in [6.07, 6.45) is -3.59. The fourth-order valence-corrected chi connectivity index (χ4v) is 5.43. The second-order valence-corrected chi connectivity index (χ2v) is 11.5. The number of rotatable bonds is 11. The summed E-state index contributed by atoms with van der Waals surface area (Å²) in [5.41, 5.74) is 0.275. The fourth-order valence-electron chi connectivity index (χ4n) is 3.79. The third-order valence-electron chi connectivity index (χ3n) is 5.67. The van der Waals surface area contributed by atoms with E-state index in [1.54, 1.807) is 19.1 Å². The zero-order valence-electron chi connectivity index (χ0n) is 21.8. The lowest BCUT2D eigenvalue weighted by molar-refractivity contribution is -0.137. The molecule has 3 aromatic rings. The monoisotopic (exact) mass is 582 g/mol. The van der Waals surface area contributed by atoms with Crippen molar-refractivity contribution in [2.75, 3.05) is 17.4 Å². The van der Waals surface area contributed by atoms with E-state index in [-0.39, 0.29) is 23.2 Å². The molecule has 3 rings (SSSR count). The summed E-state index contributed by atoms with van der Waals surface area (Å²) in [5, 5.41) is 2.09. The number of anilines is 1. The number of hydrogen-bond acceptors (Lipinski definition) is 4. The van der Waals surface area contributed by atoms with Crippen LogP contribution < -0.4 is 14.4 Å². The summed E-state index contributed by atoms with van der Waals surface area (Å²) in [6, 6.07) is 16.1. The Labute approximate surface area is 231 Å². The Balaban J connectivity index is 1.77. The summed E-state index contributed by atoms with van der Waals surface area (Å²) in [7, 11) is -4.38. The van der Waals surface area contributed by atoms with Gasteiger partial charge in [0.2, 0.25) is 5.91 Å². The van der Waals surface area contributed by atoms with E-state index in [0.717, 1.165) is 29.0 Å². The summed E-state index contributed by atoms with van der Waals surface area (Å²) in [4.78, 5) is 12.6. The molecule has 1 N–H and O–H groups in total. The second kappa shape index (κ2) is 12.7. The second-order valence-electron chi connectivity index (χ2n) is 9.25. The Kier molecular flexibility index (Phi) is 9.90. The lowest BCUT2D eigenvalue weighted by Crippen LogP contribution is -2.41. The Morgan fingerprint density at radius 3 is 2.38 bits per heavy atom. The van der Waals surface area contributed by atoms with E-state index in [1.807, 2.05) is 38.1 Å². The van der Waals surface area contributed by atoms with Gasteiger partial charge in [0.15, 0.2) is 0 Å². The molecule has 0 aliphatic rings. The molecule has 0 aliphatic carbocycles. The number of benzene rings is 3. The van der Waals surface area contributed by atoms with Crippen molar-refractivity contribution in [1.82, 2.24) is 5.32 Å². The van der Waals surface area contributed by atoms with E-state index in [1.165, 1.54) is 12.1 Å². The van der Waals surface area contributed by atoms with Crippen LogP contribution in [0, 0.1) is 6.92 Å². The van der Waals surface area contributed by atoms with Crippen molar-refractivity contribution in [1.29, 1.82) is 0 Å². The van der Waals surface area contributed by atoms with Gasteiger partial charge in [0, 0.05) is 6.54 Å². The molecule has 0 atom stereocenters. The molecule has 0 spiro atoms. The van der Waals surface area contributed by atoms with E-state index in [4.69, 9.17) is 16.3 Å². The highest BCUT2D eigenvalue weighted by Gasteiger charge is 2.35. The number of carbonyl (C=O) groups excluding carboxylic acids is 1. The molecule has 39 heavy (non-hydrogen) atoms. The minimum absolute atomic E-state index is 0.0338. The average molecular weight is 583 g/mol. The first kappa shape index (κ1) is 30.3. The number of ether oxygens (including phenoxy) is 1. The van der Waals surface area contributed by atoms with Crippen molar-refractivity contribution in [2.45, 2.75) is 50.8 Å². The highest BCUT2D eigenvalue weighted by Crippen LogP contribution is 2.38. The number of amides is 1. The Morgan fingerprint density at radius 1 is 1.05 bits per heavy atom. The molecule has 0 unspecified atom stereocenters. The van der Waals surface area contributed by atoms with Crippen LogP contribution in [0.3, 0.4) is 0 Å². The lowest BCUT2D eigenvalue weighted by Gasteiger charge is -2.25. The standard InChI is InChI=1S/C28H30ClF3N2O4S/c1-19(2)38-23-8-4-6-21(16-23)7-5-15-33-27(35)18-34(39(36,37)24-12-9-20(3)10-13-24)22-11-14-26(29)25(17-22)28(30,31)32/h4,6,8-14,16-17,19H,5,7,15,18H2,1-3H3,(H,33,35). The number of nitrogens with one attached hydrogen (secondary N) is 1. The first-order chi connectivity index (χ1) is 18.3. The average Bonchev–Trinajstić information content (AvgIpc) is 2.85. The molecule has 0 heterocycles. The minimum Gasteiger partial charge on any atom is -0.491 e. The Bertz CT molecular complexity index is 1390. The maximum absolute atomic E-state index is 13.5. The quantitative estimate of drug-likeness (QED) is 0.266. The number of hydrogen-bond donors (Lipinski definition) is 1. The predicted molar refractivity (Wildman–Crippen MR) is 146 cm³/mol. The maximum atomic E-state index is 13.5. The molecule has 3 aromatic carbocycles. The first-order valence-electron chi connectivity index (χ1n) is 12.3. The van der Waals surface area contributed by atoms with Crippen molar-refractivity contribution in [3.8, 4) is 5.75 Å². The first-order valence-corrected chi connectivity index (χ1v) is 14.1. The number of halogens is 4. The summed E-state index contributed by atoms with van der Waals surface area (Å²) in [6.45, 7) is 5.15. The van der Waals surface area contributed by atoms with Gasteiger partial charge in [-0.15, -0.1) is 0 Å². The van der Waals surface area contributed by atoms with Crippen LogP contribution in [0.25, 0.3) is 0 Å². The Hall–Kier alpha value is -3.24. The van der Waals surface area contributed by atoms with Crippen LogP contribution in [-0.2, 0) is 27.4 Å². The molecule has 1 amide bonds. The van der Waals surface area contributed by atoms with Gasteiger partial charge in [-0.1, -0.05) is 41.4 Å². The van der Waals surface area contributed by atoms with Crippen molar-refractivity contribution >= 4 is 33.2 Å². The van der Waals surface area contributed by atoms with Crippen LogP contribution >= 0.6 is 11.6 Å². The van der Waals surface area contributed by atoms with Gasteiger partial charge in [-0.3, -0.25) is 9.10 Å². The van der Waals surface area contributed by atoms with E-state index in [2.05, 4.69) is 5.32 Å². The van der Waals surface area contributed by atoms with Gasteiger partial charge in [0.05, 0.1) is 27.3 Å². The van der Waals surface area contributed by atoms with Crippen LogP contribution in [-0.4, -0.2) is 33.5 Å². The van der Waals surface area contributed by atoms with Crippen LogP contribution in [0.1, 0.15) is 37.0 Å². The van der Waals surface area contributed by atoms with Crippen molar-refractivity contribution in [3.05, 3.63) is 88.4 Å². The molecule has 0 radical (unpaired) electrons. The molecule has 0 saturated heterocycles.